The number of aliphatic hydroxyl groups is 2. The minimum atomic E-state index is -0.206. The summed E-state index contributed by atoms with van der Waals surface area (Å²) >= 11 is 0. The second-order valence-corrected chi connectivity index (χ2v) is 9.88. The lowest BCUT2D eigenvalue weighted by atomic mass is 10.1. The molecule has 31 heavy (non-hydrogen) atoms. The first kappa shape index (κ1) is 30.8. The molecule has 0 radical (unpaired) electrons. The predicted molar refractivity (Wildman–Crippen MR) is 137 cm³/mol. The van der Waals surface area contributed by atoms with Crippen molar-refractivity contribution in [3.63, 3.8) is 0 Å². The molecule has 3 unspecified atom stereocenters. The van der Waals surface area contributed by atoms with Crippen molar-refractivity contribution < 1.29 is 10.2 Å². The Morgan fingerprint density at radius 2 is 0.935 bits per heavy atom. The van der Waals surface area contributed by atoms with Crippen molar-refractivity contribution in [1.29, 1.82) is 0 Å². The van der Waals surface area contributed by atoms with Crippen LogP contribution in [0.2, 0.25) is 0 Å². The maximum atomic E-state index is 10.1. The van der Waals surface area contributed by atoms with Crippen LogP contribution in [0, 0.1) is 5.92 Å². The molecule has 0 aromatic carbocycles. The number of hydrogen-bond donors (Lipinski definition) is 4. The Bertz CT molecular complexity index is 341. The van der Waals surface area contributed by atoms with E-state index >= 15 is 0 Å². The number of unbranched alkanes of at least 4 members (excludes halogenated alkanes) is 12. The Morgan fingerprint density at radius 1 is 0.516 bits per heavy atom. The highest BCUT2D eigenvalue weighted by Crippen LogP contribution is 2.11. The summed E-state index contributed by atoms with van der Waals surface area (Å²) in [6.07, 6.45) is 20.8. The van der Waals surface area contributed by atoms with Crippen LogP contribution < -0.4 is 10.6 Å². The van der Waals surface area contributed by atoms with Crippen molar-refractivity contribution in [2.75, 3.05) is 26.2 Å². The van der Waals surface area contributed by atoms with Gasteiger partial charge in [-0.1, -0.05) is 111 Å². The number of hydrogen-bond acceptors (Lipinski definition) is 4. The summed E-state index contributed by atoms with van der Waals surface area (Å²) in [5.41, 5.74) is 0. The molecule has 0 amide bonds. The summed E-state index contributed by atoms with van der Waals surface area (Å²) in [7, 11) is 0. The third kappa shape index (κ3) is 24.3. The topological polar surface area (TPSA) is 64.5 Å². The minimum absolute atomic E-state index is 0.203. The van der Waals surface area contributed by atoms with Gasteiger partial charge < -0.3 is 20.8 Å². The minimum Gasteiger partial charge on any atom is -0.392 e. The van der Waals surface area contributed by atoms with E-state index in [4.69, 9.17) is 0 Å². The van der Waals surface area contributed by atoms with Gasteiger partial charge in [0, 0.05) is 13.1 Å². The van der Waals surface area contributed by atoms with Crippen molar-refractivity contribution in [3.8, 4) is 0 Å². The summed E-state index contributed by atoms with van der Waals surface area (Å²) < 4.78 is 0. The second kappa shape index (κ2) is 24.5. The summed E-state index contributed by atoms with van der Waals surface area (Å²) in [6, 6.07) is 0. The molecular weight excluding hydrogens is 384 g/mol. The summed E-state index contributed by atoms with van der Waals surface area (Å²) in [4.78, 5) is 0. The van der Waals surface area contributed by atoms with Crippen molar-refractivity contribution in [1.82, 2.24) is 10.6 Å². The fraction of sp³-hybridized carbons (Fsp3) is 1.00. The molecule has 3 atom stereocenters. The van der Waals surface area contributed by atoms with Gasteiger partial charge in [0.15, 0.2) is 0 Å². The van der Waals surface area contributed by atoms with Gasteiger partial charge >= 0.3 is 0 Å². The molecule has 0 saturated heterocycles. The summed E-state index contributed by atoms with van der Waals surface area (Å²) in [5, 5.41) is 27.1. The zero-order valence-corrected chi connectivity index (χ0v) is 21.5. The molecule has 0 aromatic rings. The molecule has 0 aromatic heterocycles. The first-order valence-corrected chi connectivity index (χ1v) is 13.9. The van der Waals surface area contributed by atoms with Gasteiger partial charge in [0.2, 0.25) is 0 Å². The summed E-state index contributed by atoms with van der Waals surface area (Å²) in [5.74, 6) is 0.582. The highest BCUT2D eigenvalue weighted by Gasteiger charge is 2.07. The van der Waals surface area contributed by atoms with Crippen molar-refractivity contribution >= 4 is 0 Å². The van der Waals surface area contributed by atoms with Crippen LogP contribution in [0.25, 0.3) is 0 Å². The van der Waals surface area contributed by atoms with E-state index in [1.54, 1.807) is 0 Å². The Kier molecular flexibility index (Phi) is 24.4. The third-order valence-corrected chi connectivity index (χ3v) is 6.35. The van der Waals surface area contributed by atoms with Crippen LogP contribution in [0.4, 0.5) is 0 Å². The maximum Gasteiger partial charge on any atom is 0.0664 e. The molecule has 0 fully saturated rings. The monoisotopic (exact) mass is 442 g/mol. The zero-order chi connectivity index (χ0) is 23.0. The average molecular weight is 443 g/mol. The maximum absolute atomic E-state index is 10.1. The number of aliphatic hydroxyl groups excluding tert-OH is 2. The van der Waals surface area contributed by atoms with E-state index in [1.165, 1.54) is 77.0 Å². The Balaban J connectivity index is 3.40. The van der Waals surface area contributed by atoms with E-state index in [0.717, 1.165) is 45.2 Å². The standard InChI is InChI=1S/C27H58N2O2/c1-4-6-8-10-12-14-16-18-26(30)23-28-21-20-25(3)22-29-24-27(31)19-17-15-13-11-9-7-5-2/h25-31H,4-24H2,1-3H3. The lowest BCUT2D eigenvalue weighted by Gasteiger charge is -2.17. The third-order valence-electron chi connectivity index (χ3n) is 6.35. The highest BCUT2D eigenvalue weighted by molar-refractivity contribution is 4.65. The molecule has 0 aliphatic heterocycles. The van der Waals surface area contributed by atoms with Crippen LogP contribution in [0.1, 0.15) is 130 Å². The van der Waals surface area contributed by atoms with Crippen LogP contribution in [-0.2, 0) is 0 Å². The Morgan fingerprint density at radius 3 is 1.42 bits per heavy atom. The summed E-state index contributed by atoms with van der Waals surface area (Å²) in [6.45, 7) is 10.1. The van der Waals surface area contributed by atoms with Crippen molar-refractivity contribution in [2.24, 2.45) is 5.92 Å². The smallest absolute Gasteiger partial charge is 0.0664 e. The molecule has 0 rings (SSSR count). The van der Waals surface area contributed by atoms with Crippen molar-refractivity contribution in [2.45, 2.75) is 142 Å². The molecule has 0 saturated carbocycles. The van der Waals surface area contributed by atoms with E-state index in [9.17, 15) is 10.2 Å². The van der Waals surface area contributed by atoms with E-state index in [1.807, 2.05) is 0 Å². The van der Waals surface area contributed by atoms with Crippen LogP contribution in [0.3, 0.4) is 0 Å². The normalized spacial score (nSPS) is 14.6. The van der Waals surface area contributed by atoms with Crippen molar-refractivity contribution in [3.05, 3.63) is 0 Å². The van der Waals surface area contributed by atoms with Gasteiger partial charge in [-0.05, 0) is 38.3 Å². The lowest BCUT2D eigenvalue weighted by Crippen LogP contribution is -2.32. The predicted octanol–water partition coefficient (Wildman–Crippen LogP) is 6.20. The van der Waals surface area contributed by atoms with E-state index in [-0.39, 0.29) is 12.2 Å². The Labute approximate surface area is 195 Å². The molecule has 0 heterocycles. The molecule has 188 valence electrons. The van der Waals surface area contributed by atoms with Crippen LogP contribution >= 0.6 is 0 Å². The van der Waals surface area contributed by atoms with E-state index in [0.29, 0.717) is 19.0 Å². The molecule has 0 bridgehead atoms. The lowest BCUT2D eigenvalue weighted by molar-refractivity contribution is 0.154. The molecule has 0 spiro atoms. The molecule has 4 heteroatoms. The Hall–Kier alpha value is -0.160. The highest BCUT2D eigenvalue weighted by atomic mass is 16.3. The molecule has 4 N–H and O–H groups in total. The van der Waals surface area contributed by atoms with Gasteiger partial charge in [-0.15, -0.1) is 0 Å². The fourth-order valence-corrected chi connectivity index (χ4v) is 4.09. The van der Waals surface area contributed by atoms with Crippen LogP contribution in [-0.4, -0.2) is 48.6 Å². The van der Waals surface area contributed by atoms with Gasteiger partial charge in [0.1, 0.15) is 0 Å². The molecule has 0 aliphatic carbocycles. The van der Waals surface area contributed by atoms with E-state index in [2.05, 4.69) is 31.4 Å². The quantitative estimate of drug-likeness (QED) is 0.127. The van der Waals surface area contributed by atoms with Crippen LogP contribution in [0.5, 0.6) is 0 Å². The first-order chi connectivity index (χ1) is 15.1. The van der Waals surface area contributed by atoms with Gasteiger partial charge in [0.25, 0.3) is 0 Å². The van der Waals surface area contributed by atoms with Gasteiger partial charge in [0.05, 0.1) is 12.2 Å². The van der Waals surface area contributed by atoms with Gasteiger partial charge in [-0.2, -0.15) is 0 Å². The van der Waals surface area contributed by atoms with Gasteiger partial charge in [-0.3, -0.25) is 0 Å². The number of rotatable bonds is 25. The van der Waals surface area contributed by atoms with Crippen LogP contribution in [0.15, 0.2) is 0 Å². The second-order valence-electron chi connectivity index (χ2n) is 9.88. The molecular formula is C27H58N2O2. The fourth-order valence-electron chi connectivity index (χ4n) is 4.09. The number of nitrogens with one attached hydrogen (secondary N) is 2. The molecule has 0 aliphatic rings. The largest absolute Gasteiger partial charge is 0.392 e. The zero-order valence-electron chi connectivity index (χ0n) is 21.5. The SMILES string of the molecule is CCCCCCCCCC(O)CNCCC(C)CNCC(O)CCCCCCCCC. The van der Waals surface area contributed by atoms with E-state index < -0.39 is 0 Å². The first-order valence-electron chi connectivity index (χ1n) is 13.9. The average Bonchev–Trinajstić information content (AvgIpc) is 2.75. The van der Waals surface area contributed by atoms with Gasteiger partial charge in [-0.25, -0.2) is 0 Å². The molecule has 4 nitrogen and oxygen atoms in total.